The fourth-order valence-corrected chi connectivity index (χ4v) is 6.32. The van der Waals surface area contributed by atoms with Crippen LogP contribution >= 0.6 is 0 Å². The number of rotatable bonds is 38. The van der Waals surface area contributed by atoms with Crippen molar-refractivity contribution < 1.29 is 19.4 Å². The number of hydrogen-bond acceptors (Lipinski definition) is 3. The zero-order chi connectivity index (χ0) is 35.0. The first kappa shape index (κ1) is 46.2. The van der Waals surface area contributed by atoms with Crippen molar-refractivity contribution in [3.8, 4) is 0 Å². The van der Waals surface area contributed by atoms with E-state index in [-0.39, 0.29) is 18.5 Å². The average Bonchev–Trinajstić information content (AvgIpc) is 3.07. The van der Waals surface area contributed by atoms with Crippen LogP contribution in [-0.4, -0.2) is 23.1 Å². The van der Waals surface area contributed by atoms with E-state index < -0.39 is 5.97 Å². The minimum absolute atomic E-state index is 0.00921. The van der Waals surface area contributed by atoms with Crippen molar-refractivity contribution in [3.63, 3.8) is 0 Å². The van der Waals surface area contributed by atoms with E-state index in [2.05, 4.69) is 50.3 Å². The first-order valence-corrected chi connectivity index (χ1v) is 21.0. The number of carboxylic acid groups (broad SMARTS) is 1. The van der Waals surface area contributed by atoms with Gasteiger partial charge in [-0.2, -0.15) is 0 Å². The Kier molecular flexibility index (Phi) is 38.1. The summed E-state index contributed by atoms with van der Waals surface area (Å²) in [6.07, 6.45) is 51.7. The molecular formula is C44H80O4. The van der Waals surface area contributed by atoms with Gasteiger partial charge in [-0.1, -0.05) is 179 Å². The van der Waals surface area contributed by atoms with Gasteiger partial charge in [-0.3, -0.25) is 9.59 Å². The van der Waals surface area contributed by atoms with Crippen LogP contribution in [-0.2, 0) is 14.3 Å². The lowest BCUT2D eigenvalue weighted by atomic mass is 10.0. The molecule has 4 nitrogen and oxygen atoms in total. The third kappa shape index (κ3) is 38.6. The maximum Gasteiger partial charge on any atom is 0.306 e. The Hall–Kier alpha value is -1.84. The number of unbranched alkanes of at least 4 members (excludes halogenated alkanes) is 23. The Morgan fingerprint density at radius 1 is 0.479 bits per heavy atom. The van der Waals surface area contributed by atoms with Crippen LogP contribution in [0, 0.1) is 0 Å². The highest BCUT2D eigenvalue weighted by Crippen LogP contribution is 2.19. The molecule has 1 atom stereocenters. The summed E-state index contributed by atoms with van der Waals surface area (Å²) in [7, 11) is 0. The first-order chi connectivity index (χ1) is 23.6. The van der Waals surface area contributed by atoms with Crippen molar-refractivity contribution in [2.75, 3.05) is 0 Å². The summed E-state index contributed by atoms with van der Waals surface area (Å²) in [4.78, 5) is 23.4. The summed E-state index contributed by atoms with van der Waals surface area (Å²) in [6, 6.07) is 0. The van der Waals surface area contributed by atoms with Gasteiger partial charge in [0.25, 0.3) is 0 Å². The molecule has 0 aromatic carbocycles. The molecule has 0 radical (unpaired) electrons. The van der Waals surface area contributed by atoms with Gasteiger partial charge >= 0.3 is 11.9 Å². The highest BCUT2D eigenvalue weighted by molar-refractivity contribution is 5.69. The molecule has 0 aliphatic carbocycles. The molecule has 0 aliphatic heterocycles. The summed E-state index contributed by atoms with van der Waals surface area (Å²) >= 11 is 0. The highest BCUT2D eigenvalue weighted by Gasteiger charge is 2.14. The third-order valence-corrected chi connectivity index (χ3v) is 9.38. The summed E-state index contributed by atoms with van der Waals surface area (Å²) in [5.74, 6) is -0.683. The number of carbonyl (C=O) groups excluding carboxylic acids is 1. The number of hydrogen-bond donors (Lipinski definition) is 1. The fourth-order valence-electron chi connectivity index (χ4n) is 6.32. The molecule has 0 bridgehead atoms. The predicted octanol–water partition coefficient (Wildman–Crippen LogP) is 14.6. The van der Waals surface area contributed by atoms with Crippen LogP contribution in [0.25, 0.3) is 0 Å². The lowest BCUT2D eigenvalue weighted by molar-refractivity contribution is -0.150. The van der Waals surface area contributed by atoms with Crippen LogP contribution in [0.15, 0.2) is 36.5 Å². The van der Waals surface area contributed by atoms with Crippen molar-refractivity contribution in [3.05, 3.63) is 36.5 Å². The van der Waals surface area contributed by atoms with Crippen LogP contribution < -0.4 is 0 Å². The molecule has 0 rings (SSSR count). The Morgan fingerprint density at radius 3 is 1.35 bits per heavy atom. The van der Waals surface area contributed by atoms with E-state index in [1.54, 1.807) is 0 Å². The topological polar surface area (TPSA) is 63.6 Å². The molecule has 0 fully saturated rings. The van der Waals surface area contributed by atoms with E-state index in [0.29, 0.717) is 6.42 Å². The van der Waals surface area contributed by atoms with Gasteiger partial charge in [-0.05, 0) is 70.6 Å². The second-order valence-corrected chi connectivity index (χ2v) is 14.2. The van der Waals surface area contributed by atoms with Gasteiger partial charge in [0, 0.05) is 12.8 Å². The van der Waals surface area contributed by atoms with Gasteiger partial charge in [0.15, 0.2) is 0 Å². The largest absolute Gasteiger partial charge is 0.481 e. The van der Waals surface area contributed by atoms with Crippen molar-refractivity contribution in [1.29, 1.82) is 0 Å². The van der Waals surface area contributed by atoms with Crippen molar-refractivity contribution in [2.24, 2.45) is 0 Å². The maximum atomic E-state index is 12.7. The molecule has 0 aromatic rings. The Labute approximate surface area is 299 Å². The standard InChI is InChI=1S/C44H80O4/c1-3-5-7-9-11-13-15-16-17-18-19-20-21-22-23-25-27-33-37-41-44(47)48-42(39-35-31-28-29-32-36-40-43(45)46)38-34-30-26-24-14-12-10-8-6-4-2/h5,7,11,13,16-17,42H,3-4,6,8-10,12,14-15,18-41H2,1-2H3,(H,45,46)/b7-5-,13-11-,17-16-. The number of ether oxygens (including phenoxy) is 1. The molecule has 0 spiro atoms. The second-order valence-electron chi connectivity index (χ2n) is 14.2. The summed E-state index contributed by atoms with van der Waals surface area (Å²) in [6.45, 7) is 4.44. The first-order valence-electron chi connectivity index (χ1n) is 21.0. The molecule has 280 valence electrons. The van der Waals surface area contributed by atoms with Crippen LogP contribution in [0.2, 0.25) is 0 Å². The summed E-state index contributed by atoms with van der Waals surface area (Å²) in [5, 5.41) is 8.79. The van der Waals surface area contributed by atoms with E-state index in [0.717, 1.165) is 89.9 Å². The Balaban J connectivity index is 3.97. The lowest BCUT2D eigenvalue weighted by Crippen LogP contribution is -2.18. The van der Waals surface area contributed by atoms with Crippen LogP contribution in [0.1, 0.15) is 226 Å². The predicted molar refractivity (Wildman–Crippen MR) is 209 cm³/mol. The van der Waals surface area contributed by atoms with Gasteiger partial charge in [-0.15, -0.1) is 0 Å². The molecular weight excluding hydrogens is 592 g/mol. The van der Waals surface area contributed by atoms with Crippen molar-refractivity contribution in [2.45, 2.75) is 232 Å². The Bertz CT molecular complexity index is 768. The summed E-state index contributed by atoms with van der Waals surface area (Å²) in [5.41, 5.74) is 0. The second kappa shape index (κ2) is 39.6. The molecule has 4 heteroatoms. The molecule has 48 heavy (non-hydrogen) atoms. The van der Waals surface area contributed by atoms with Gasteiger partial charge in [-0.25, -0.2) is 0 Å². The van der Waals surface area contributed by atoms with Crippen LogP contribution in [0.4, 0.5) is 0 Å². The normalized spacial score (nSPS) is 12.5. The zero-order valence-electron chi connectivity index (χ0n) is 32.0. The van der Waals surface area contributed by atoms with Gasteiger partial charge in [0.05, 0.1) is 0 Å². The molecule has 0 saturated carbocycles. The van der Waals surface area contributed by atoms with Crippen molar-refractivity contribution in [1.82, 2.24) is 0 Å². The number of carbonyl (C=O) groups is 2. The highest BCUT2D eigenvalue weighted by atomic mass is 16.5. The van der Waals surface area contributed by atoms with E-state index in [9.17, 15) is 9.59 Å². The summed E-state index contributed by atoms with van der Waals surface area (Å²) < 4.78 is 6.03. The smallest absolute Gasteiger partial charge is 0.306 e. The quantitative estimate of drug-likeness (QED) is 0.0403. The van der Waals surface area contributed by atoms with E-state index in [4.69, 9.17) is 9.84 Å². The average molecular weight is 673 g/mol. The Morgan fingerprint density at radius 2 is 0.875 bits per heavy atom. The minimum Gasteiger partial charge on any atom is -0.481 e. The maximum absolute atomic E-state index is 12.7. The SMILES string of the molecule is CC/C=C\C/C=C\C/C=C\CCCCCCCCCCCC(=O)OC(CCCCCCCCCCCC)CCCCCCCCC(=O)O. The number of allylic oxidation sites excluding steroid dienone is 6. The van der Waals surface area contributed by atoms with Gasteiger partial charge in [0.2, 0.25) is 0 Å². The van der Waals surface area contributed by atoms with Crippen molar-refractivity contribution >= 4 is 11.9 Å². The monoisotopic (exact) mass is 673 g/mol. The van der Waals surface area contributed by atoms with E-state index in [1.807, 2.05) is 0 Å². The number of carboxylic acids is 1. The van der Waals surface area contributed by atoms with E-state index >= 15 is 0 Å². The van der Waals surface area contributed by atoms with Crippen LogP contribution in [0.3, 0.4) is 0 Å². The molecule has 1 unspecified atom stereocenters. The molecule has 1 N–H and O–H groups in total. The molecule has 0 amide bonds. The van der Waals surface area contributed by atoms with Gasteiger partial charge in [0.1, 0.15) is 6.10 Å². The van der Waals surface area contributed by atoms with Gasteiger partial charge < -0.3 is 9.84 Å². The van der Waals surface area contributed by atoms with E-state index in [1.165, 1.54) is 109 Å². The molecule has 0 heterocycles. The third-order valence-electron chi connectivity index (χ3n) is 9.38. The number of aliphatic carboxylic acids is 1. The lowest BCUT2D eigenvalue weighted by Gasteiger charge is -2.18. The number of esters is 1. The van der Waals surface area contributed by atoms with Crippen LogP contribution in [0.5, 0.6) is 0 Å². The molecule has 0 aromatic heterocycles. The fraction of sp³-hybridized carbons (Fsp3) is 0.818. The molecule has 0 saturated heterocycles. The minimum atomic E-state index is -0.692. The zero-order valence-corrected chi connectivity index (χ0v) is 32.0. The molecule has 0 aliphatic rings.